The van der Waals surface area contributed by atoms with Crippen LogP contribution in [0.15, 0.2) is 18.2 Å². The molecule has 2 aromatic rings. The minimum absolute atomic E-state index is 0.210. The number of carbonyl (C=O) groups is 1. The molecule has 5 rings (SSSR count). The number of hydrogen-bond donors (Lipinski definition) is 1. The van der Waals surface area contributed by atoms with Gasteiger partial charge in [-0.15, -0.1) is 0 Å². The van der Waals surface area contributed by atoms with Crippen LogP contribution in [-0.4, -0.2) is 53.4 Å². The maximum atomic E-state index is 13.2. The van der Waals surface area contributed by atoms with Gasteiger partial charge >= 0.3 is 0 Å². The fourth-order valence-corrected chi connectivity index (χ4v) is 5.12. The van der Waals surface area contributed by atoms with Gasteiger partial charge in [0.15, 0.2) is 0 Å². The highest BCUT2D eigenvalue weighted by Crippen LogP contribution is 2.34. The Bertz CT molecular complexity index is 809. The van der Waals surface area contributed by atoms with E-state index in [1.54, 1.807) is 0 Å². The minimum Gasteiger partial charge on any atom is -0.358 e. The third-order valence-corrected chi connectivity index (χ3v) is 6.48. The Hall–Kier alpha value is -1.81. The van der Waals surface area contributed by atoms with Crippen molar-refractivity contribution in [3.8, 4) is 0 Å². The molecule has 4 heteroatoms. The number of fused-ring (bicyclic) bond motifs is 4. The highest BCUT2D eigenvalue weighted by molar-refractivity contribution is 6.07. The second-order valence-corrected chi connectivity index (χ2v) is 7.82. The van der Waals surface area contributed by atoms with E-state index in [4.69, 9.17) is 0 Å². The monoisotopic (exact) mass is 323 g/mol. The van der Waals surface area contributed by atoms with Crippen molar-refractivity contribution < 1.29 is 4.79 Å². The van der Waals surface area contributed by atoms with Crippen LogP contribution in [0.4, 0.5) is 0 Å². The number of carbonyl (C=O) groups excluding carboxylic acids is 1. The predicted molar refractivity (Wildman–Crippen MR) is 95.4 cm³/mol. The van der Waals surface area contributed by atoms with E-state index in [1.165, 1.54) is 42.5 Å². The van der Waals surface area contributed by atoms with E-state index in [9.17, 15) is 4.79 Å². The molecular formula is C20H25N3O. The number of aryl methyl sites for hydroxylation is 2. The van der Waals surface area contributed by atoms with Crippen molar-refractivity contribution in [3.05, 3.63) is 35.0 Å². The molecule has 24 heavy (non-hydrogen) atoms. The van der Waals surface area contributed by atoms with E-state index in [2.05, 4.69) is 34.0 Å². The molecule has 2 fully saturated rings. The third-order valence-electron chi connectivity index (χ3n) is 6.48. The van der Waals surface area contributed by atoms with Crippen molar-refractivity contribution in [2.24, 2.45) is 5.92 Å². The number of aromatic nitrogens is 1. The second kappa shape index (κ2) is 5.35. The number of para-hydroxylation sites is 1. The van der Waals surface area contributed by atoms with Gasteiger partial charge in [-0.05, 0) is 63.2 Å². The Balaban J connectivity index is 1.50. The zero-order chi connectivity index (χ0) is 16.3. The standard InChI is InChI=1S/C20H25N3O/c1-22-10-9-13-11-23(12-18(13)22)20(24)16-7-4-6-15-14-5-2-3-8-17(14)21-19(15)16/h4,6-7,13,18,21H,2-3,5,8-12H2,1H3/t13-,18+/m0/s1. The maximum Gasteiger partial charge on any atom is 0.256 e. The lowest BCUT2D eigenvalue weighted by atomic mass is 9.95. The summed E-state index contributed by atoms with van der Waals surface area (Å²) in [4.78, 5) is 21.3. The Morgan fingerprint density at radius 3 is 2.96 bits per heavy atom. The molecular weight excluding hydrogens is 298 g/mol. The number of likely N-dealkylation sites (tertiary alicyclic amines) is 2. The minimum atomic E-state index is 0.210. The fourth-order valence-electron chi connectivity index (χ4n) is 5.12. The topological polar surface area (TPSA) is 39.3 Å². The lowest BCUT2D eigenvalue weighted by Gasteiger charge is -2.21. The maximum absolute atomic E-state index is 13.2. The number of amides is 1. The fraction of sp³-hybridized carbons (Fsp3) is 0.550. The normalized spacial score (nSPS) is 26.8. The first-order valence-electron chi connectivity index (χ1n) is 9.34. The van der Waals surface area contributed by atoms with Crippen molar-refractivity contribution in [3.63, 3.8) is 0 Å². The first-order valence-corrected chi connectivity index (χ1v) is 9.34. The molecule has 1 N–H and O–H groups in total. The summed E-state index contributed by atoms with van der Waals surface area (Å²) in [5, 5.41) is 1.27. The third kappa shape index (κ3) is 2.05. The smallest absolute Gasteiger partial charge is 0.256 e. The number of aromatic amines is 1. The number of nitrogens with zero attached hydrogens (tertiary/aromatic N) is 2. The summed E-state index contributed by atoms with van der Waals surface area (Å²) >= 11 is 0. The Morgan fingerprint density at radius 2 is 2.08 bits per heavy atom. The van der Waals surface area contributed by atoms with Gasteiger partial charge in [-0.2, -0.15) is 0 Å². The van der Waals surface area contributed by atoms with Crippen LogP contribution < -0.4 is 0 Å². The number of benzene rings is 1. The summed E-state index contributed by atoms with van der Waals surface area (Å²) < 4.78 is 0. The molecule has 0 bridgehead atoms. The lowest BCUT2D eigenvalue weighted by molar-refractivity contribution is 0.0776. The number of nitrogens with one attached hydrogen (secondary N) is 1. The van der Waals surface area contributed by atoms with Gasteiger partial charge in [-0.25, -0.2) is 0 Å². The number of H-pyrrole nitrogens is 1. The number of hydrogen-bond acceptors (Lipinski definition) is 2. The molecule has 0 saturated carbocycles. The molecule has 3 aliphatic rings. The molecule has 2 atom stereocenters. The van der Waals surface area contributed by atoms with Crippen molar-refractivity contribution >= 4 is 16.8 Å². The first kappa shape index (κ1) is 14.5. The van der Waals surface area contributed by atoms with Crippen LogP contribution in [-0.2, 0) is 12.8 Å². The largest absolute Gasteiger partial charge is 0.358 e. The summed E-state index contributed by atoms with van der Waals surface area (Å²) in [6.45, 7) is 2.98. The van der Waals surface area contributed by atoms with Gasteiger partial charge in [0.05, 0.1) is 11.1 Å². The molecule has 2 aliphatic heterocycles. The van der Waals surface area contributed by atoms with Gasteiger partial charge in [0.25, 0.3) is 5.91 Å². The van der Waals surface area contributed by atoms with Gasteiger partial charge in [0.2, 0.25) is 0 Å². The van der Waals surface area contributed by atoms with E-state index >= 15 is 0 Å². The SMILES string of the molecule is CN1CC[C@H]2CN(C(=O)c3cccc4c5c([nH]c34)CCCC5)C[C@H]21. The van der Waals surface area contributed by atoms with E-state index < -0.39 is 0 Å². The van der Waals surface area contributed by atoms with Gasteiger partial charge in [-0.1, -0.05) is 12.1 Å². The van der Waals surface area contributed by atoms with Gasteiger partial charge in [0.1, 0.15) is 0 Å². The molecule has 1 aromatic heterocycles. The molecule has 4 nitrogen and oxygen atoms in total. The van der Waals surface area contributed by atoms with E-state index in [1.807, 2.05) is 6.07 Å². The zero-order valence-corrected chi connectivity index (χ0v) is 14.3. The Morgan fingerprint density at radius 1 is 1.21 bits per heavy atom. The molecule has 3 heterocycles. The summed E-state index contributed by atoms with van der Waals surface area (Å²) in [6, 6.07) is 6.80. The summed E-state index contributed by atoms with van der Waals surface area (Å²) in [5.74, 6) is 0.872. The molecule has 1 aromatic carbocycles. The first-order chi connectivity index (χ1) is 11.7. The highest BCUT2D eigenvalue weighted by Gasteiger charge is 2.41. The predicted octanol–water partition coefficient (Wildman–Crippen LogP) is 2.82. The van der Waals surface area contributed by atoms with Crippen LogP contribution in [0, 0.1) is 5.92 Å². The molecule has 0 spiro atoms. The van der Waals surface area contributed by atoms with Crippen molar-refractivity contribution in [1.29, 1.82) is 0 Å². The van der Waals surface area contributed by atoms with Crippen molar-refractivity contribution in [2.45, 2.75) is 38.1 Å². The molecule has 2 saturated heterocycles. The van der Waals surface area contributed by atoms with E-state index in [0.29, 0.717) is 12.0 Å². The van der Waals surface area contributed by atoms with Crippen molar-refractivity contribution in [1.82, 2.24) is 14.8 Å². The van der Waals surface area contributed by atoms with Gasteiger partial charge < -0.3 is 14.8 Å². The molecule has 1 amide bonds. The quantitative estimate of drug-likeness (QED) is 0.876. The Labute approximate surface area is 142 Å². The van der Waals surface area contributed by atoms with Gasteiger partial charge in [0, 0.05) is 30.2 Å². The van der Waals surface area contributed by atoms with Crippen LogP contribution in [0.1, 0.15) is 40.9 Å². The van der Waals surface area contributed by atoms with Crippen LogP contribution in [0.25, 0.3) is 10.9 Å². The number of rotatable bonds is 1. The van der Waals surface area contributed by atoms with Crippen LogP contribution in [0.2, 0.25) is 0 Å². The highest BCUT2D eigenvalue weighted by atomic mass is 16.2. The van der Waals surface area contributed by atoms with Crippen LogP contribution >= 0.6 is 0 Å². The summed E-state index contributed by atoms with van der Waals surface area (Å²) in [5.41, 5.74) is 4.74. The molecule has 0 unspecified atom stereocenters. The number of likely N-dealkylation sites (N-methyl/N-ethyl adjacent to an activating group) is 1. The lowest BCUT2D eigenvalue weighted by Crippen LogP contribution is -2.35. The second-order valence-electron chi connectivity index (χ2n) is 7.82. The van der Waals surface area contributed by atoms with Crippen LogP contribution in [0.3, 0.4) is 0 Å². The van der Waals surface area contributed by atoms with Crippen molar-refractivity contribution in [2.75, 3.05) is 26.7 Å². The summed E-state index contributed by atoms with van der Waals surface area (Å²) in [7, 11) is 2.19. The van der Waals surface area contributed by atoms with E-state index in [0.717, 1.165) is 37.0 Å². The Kier molecular flexibility index (Phi) is 3.24. The zero-order valence-electron chi connectivity index (χ0n) is 14.3. The van der Waals surface area contributed by atoms with E-state index in [-0.39, 0.29) is 5.91 Å². The summed E-state index contributed by atoms with van der Waals surface area (Å²) in [6.07, 6.45) is 6.01. The van der Waals surface area contributed by atoms with Crippen LogP contribution in [0.5, 0.6) is 0 Å². The average Bonchev–Trinajstić information content (AvgIpc) is 3.28. The average molecular weight is 323 g/mol. The molecule has 0 radical (unpaired) electrons. The van der Waals surface area contributed by atoms with Gasteiger partial charge in [-0.3, -0.25) is 4.79 Å². The molecule has 1 aliphatic carbocycles. The molecule has 126 valence electrons.